The maximum absolute atomic E-state index is 11.8. The second-order valence-electron chi connectivity index (χ2n) is 6.84. The van der Waals surface area contributed by atoms with Crippen LogP contribution >= 0.6 is 0 Å². The van der Waals surface area contributed by atoms with Crippen LogP contribution in [0.4, 0.5) is 0 Å². The molecular formula is C18H24O5. The van der Waals surface area contributed by atoms with Crippen molar-refractivity contribution in [3.63, 3.8) is 0 Å². The largest absolute Gasteiger partial charge is 0.456 e. The fraction of sp³-hybridized carbons (Fsp3) is 0.667. The summed E-state index contributed by atoms with van der Waals surface area (Å²) in [6, 6.07) is 0. The van der Waals surface area contributed by atoms with Crippen LogP contribution < -0.4 is 0 Å². The Bertz CT molecular complexity index is 554. The van der Waals surface area contributed by atoms with E-state index in [0.717, 1.165) is 19.3 Å². The highest BCUT2D eigenvalue weighted by atomic mass is 16.7. The molecule has 0 amide bonds. The van der Waals surface area contributed by atoms with E-state index in [4.69, 9.17) is 14.2 Å². The molecule has 0 N–H and O–H groups in total. The molecule has 1 aliphatic heterocycles. The Kier molecular flexibility index (Phi) is 4.08. The first kappa shape index (κ1) is 16.2. The predicted octanol–water partition coefficient (Wildman–Crippen LogP) is 2.90. The van der Waals surface area contributed by atoms with Crippen molar-refractivity contribution in [3.8, 4) is 0 Å². The maximum Gasteiger partial charge on any atom is 0.304 e. The number of carbonyl (C=O) groups is 2. The summed E-state index contributed by atoms with van der Waals surface area (Å²) in [5.74, 6) is -0.0978. The maximum atomic E-state index is 11.8. The fourth-order valence-corrected chi connectivity index (χ4v) is 4.88. The second kappa shape index (κ2) is 5.78. The molecule has 126 valence electrons. The van der Waals surface area contributed by atoms with E-state index in [2.05, 4.69) is 18.7 Å². The second-order valence-corrected chi connectivity index (χ2v) is 6.84. The number of hydrogen-bond donors (Lipinski definition) is 0. The molecule has 5 atom stereocenters. The Morgan fingerprint density at radius 1 is 1.30 bits per heavy atom. The van der Waals surface area contributed by atoms with Crippen molar-refractivity contribution in [3.05, 3.63) is 24.8 Å². The Hall–Kier alpha value is -1.62. The Morgan fingerprint density at radius 3 is 2.74 bits per heavy atom. The lowest BCUT2D eigenvalue weighted by atomic mass is 9.73. The van der Waals surface area contributed by atoms with E-state index in [1.54, 1.807) is 0 Å². The first-order valence-corrected chi connectivity index (χ1v) is 8.23. The van der Waals surface area contributed by atoms with Crippen molar-refractivity contribution in [2.24, 2.45) is 11.8 Å². The van der Waals surface area contributed by atoms with E-state index in [0.29, 0.717) is 18.8 Å². The molecular weight excluding hydrogens is 296 g/mol. The molecule has 3 rings (SSSR count). The van der Waals surface area contributed by atoms with Crippen LogP contribution in [0.25, 0.3) is 0 Å². The van der Waals surface area contributed by atoms with Crippen LogP contribution in [0.2, 0.25) is 0 Å². The van der Waals surface area contributed by atoms with Crippen molar-refractivity contribution in [2.75, 3.05) is 0 Å². The molecule has 5 nitrogen and oxygen atoms in total. The van der Waals surface area contributed by atoms with Crippen molar-refractivity contribution in [2.45, 2.75) is 63.4 Å². The Balaban J connectivity index is 1.98. The number of rotatable bonds is 4. The van der Waals surface area contributed by atoms with Crippen LogP contribution in [0.5, 0.6) is 0 Å². The minimum absolute atomic E-state index is 0.241. The first-order valence-electron chi connectivity index (χ1n) is 8.23. The van der Waals surface area contributed by atoms with Crippen LogP contribution in [0.3, 0.4) is 0 Å². The van der Waals surface area contributed by atoms with Gasteiger partial charge in [-0.3, -0.25) is 9.59 Å². The molecule has 1 saturated heterocycles. The minimum atomic E-state index is -0.720. The Morgan fingerprint density at radius 2 is 2.09 bits per heavy atom. The van der Waals surface area contributed by atoms with E-state index >= 15 is 0 Å². The molecule has 0 aromatic heterocycles. The van der Waals surface area contributed by atoms with Gasteiger partial charge in [-0.25, -0.2) is 0 Å². The van der Waals surface area contributed by atoms with Crippen molar-refractivity contribution in [1.29, 1.82) is 0 Å². The standard InChI is InChI=1S/C18H24O5/c1-4-7-14-10-17(22-13(3)20)11-16(21-12(2)19)23-18(17)9-6-5-8-15(14)18/h4-6,14-16H,1,7-11H2,2-3H3/t14-,15-,16-,17+,18-/m1/s1. The predicted molar refractivity (Wildman–Crippen MR) is 83.3 cm³/mol. The normalized spacial score (nSPS) is 41.0. The summed E-state index contributed by atoms with van der Waals surface area (Å²) >= 11 is 0. The third-order valence-corrected chi connectivity index (χ3v) is 5.45. The summed E-state index contributed by atoms with van der Waals surface area (Å²) < 4.78 is 17.4. The van der Waals surface area contributed by atoms with E-state index in [-0.39, 0.29) is 17.9 Å². The molecule has 0 radical (unpaired) electrons. The number of carbonyl (C=O) groups excluding carboxylic acids is 2. The zero-order valence-electron chi connectivity index (χ0n) is 13.7. The lowest BCUT2D eigenvalue weighted by molar-refractivity contribution is -0.209. The smallest absolute Gasteiger partial charge is 0.304 e. The molecule has 2 fully saturated rings. The van der Waals surface area contributed by atoms with Crippen LogP contribution in [-0.2, 0) is 23.8 Å². The molecule has 23 heavy (non-hydrogen) atoms. The molecule has 0 aromatic rings. The van der Waals surface area contributed by atoms with E-state index in [9.17, 15) is 9.59 Å². The quantitative estimate of drug-likeness (QED) is 0.589. The number of esters is 2. The van der Waals surface area contributed by atoms with Crippen molar-refractivity contribution in [1.82, 2.24) is 0 Å². The van der Waals surface area contributed by atoms with Gasteiger partial charge >= 0.3 is 11.9 Å². The molecule has 3 aliphatic rings. The third-order valence-electron chi connectivity index (χ3n) is 5.45. The lowest BCUT2D eigenvalue weighted by Crippen LogP contribution is -2.53. The number of ether oxygens (including phenoxy) is 3. The SMILES string of the molecule is C=CC[C@@H]1C[C@]2(OC(C)=O)C[C@H](OC(C)=O)O[C@@]23CC=CC[C@H]13. The minimum Gasteiger partial charge on any atom is -0.456 e. The molecule has 0 aromatic carbocycles. The van der Waals surface area contributed by atoms with Gasteiger partial charge in [0.2, 0.25) is 6.29 Å². The summed E-state index contributed by atoms with van der Waals surface area (Å²) in [6.45, 7) is 6.65. The molecule has 5 heteroatoms. The molecule has 1 heterocycles. The lowest BCUT2D eigenvalue weighted by Gasteiger charge is -2.42. The van der Waals surface area contributed by atoms with Gasteiger partial charge in [-0.05, 0) is 37.5 Å². The average Bonchev–Trinajstić information content (AvgIpc) is 2.83. The van der Waals surface area contributed by atoms with Gasteiger partial charge in [0, 0.05) is 13.8 Å². The monoisotopic (exact) mass is 320 g/mol. The van der Waals surface area contributed by atoms with Crippen molar-refractivity contribution >= 4 is 11.9 Å². The topological polar surface area (TPSA) is 61.8 Å². The van der Waals surface area contributed by atoms with Gasteiger partial charge in [-0.15, -0.1) is 6.58 Å². The van der Waals surface area contributed by atoms with Gasteiger partial charge in [0.25, 0.3) is 0 Å². The van der Waals surface area contributed by atoms with Crippen LogP contribution in [0.15, 0.2) is 24.8 Å². The van der Waals surface area contributed by atoms with Gasteiger partial charge in [0.1, 0.15) is 11.2 Å². The fourth-order valence-electron chi connectivity index (χ4n) is 4.88. The van der Waals surface area contributed by atoms with E-state index in [1.807, 2.05) is 6.08 Å². The molecule has 0 bridgehead atoms. The molecule has 1 spiro atoms. The summed E-state index contributed by atoms with van der Waals surface area (Å²) in [6.07, 6.45) is 9.08. The third kappa shape index (κ3) is 2.51. The zero-order valence-corrected chi connectivity index (χ0v) is 13.7. The molecule has 1 saturated carbocycles. The zero-order chi connectivity index (χ0) is 16.7. The number of allylic oxidation sites excluding steroid dienone is 2. The van der Waals surface area contributed by atoms with Crippen LogP contribution in [-0.4, -0.2) is 29.4 Å². The molecule has 2 aliphatic carbocycles. The highest BCUT2D eigenvalue weighted by Gasteiger charge is 2.71. The highest BCUT2D eigenvalue weighted by Crippen LogP contribution is 2.63. The van der Waals surface area contributed by atoms with Crippen LogP contribution in [0.1, 0.15) is 46.0 Å². The van der Waals surface area contributed by atoms with Gasteiger partial charge < -0.3 is 14.2 Å². The summed E-state index contributed by atoms with van der Waals surface area (Å²) in [4.78, 5) is 23.1. The summed E-state index contributed by atoms with van der Waals surface area (Å²) in [5, 5.41) is 0. The van der Waals surface area contributed by atoms with Crippen LogP contribution in [0, 0.1) is 11.8 Å². The van der Waals surface area contributed by atoms with E-state index in [1.165, 1.54) is 13.8 Å². The average molecular weight is 320 g/mol. The van der Waals surface area contributed by atoms with Crippen molar-refractivity contribution < 1.29 is 23.8 Å². The van der Waals surface area contributed by atoms with E-state index < -0.39 is 17.5 Å². The highest BCUT2D eigenvalue weighted by molar-refractivity contribution is 5.67. The van der Waals surface area contributed by atoms with Gasteiger partial charge in [-0.1, -0.05) is 18.2 Å². The summed E-state index contributed by atoms with van der Waals surface area (Å²) in [5.41, 5.74) is -1.32. The first-order chi connectivity index (χ1) is 10.9. The van der Waals surface area contributed by atoms with Gasteiger partial charge in [-0.2, -0.15) is 0 Å². The number of hydrogen-bond acceptors (Lipinski definition) is 5. The molecule has 0 unspecified atom stereocenters. The summed E-state index contributed by atoms with van der Waals surface area (Å²) in [7, 11) is 0. The Labute approximate surface area is 136 Å². The van der Waals surface area contributed by atoms with Gasteiger partial charge in [0.05, 0.1) is 6.42 Å². The van der Waals surface area contributed by atoms with Gasteiger partial charge in [0.15, 0.2) is 0 Å².